The number of ketones is 1. The fourth-order valence-electron chi connectivity index (χ4n) is 2.52. The molecule has 4 nitrogen and oxygen atoms in total. The summed E-state index contributed by atoms with van der Waals surface area (Å²) in [7, 11) is 0. The standard InChI is InChI=1S/C17H20O4/c1-17(2,3)21-16(20)15-13(9-12(18)10-14(15)19)11-7-5-4-6-8-11/h4-8,10,13,15,19H,9H2,1-3H3. The van der Waals surface area contributed by atoms with Gasteiger partial charge in [-0.15, -0.1) is 0 Å². The topological polar surface area (TPSA) is 63.6 Å². The Hall–Kier alpha value is -2.10. The average Bonchev–Trinajstić information content (AvgIpc) is 2.36. The number of carbonyl (C=O) groups excluding carboxylic acids is 2. The first-order valence-electron chi connectivity index (χ1n) is 6.99. The number of allylic oxidation sites excluding steroid dienone is 1. The van der Waals surface area contributed by atoms with Crippen molar-refractivity contribution in [2.24, 2.45) is 5.92 Å². The summed E-state index contributed by atoms with van der Waals surface area (Å²) in [6.45, 7) is 5.32. The number of aliphatic hydroxyl groups excluding tert-OH is 1. The highest BCUT2D eigenvalue weighted by atomic mass is 16.6. The maximum Gasteiger partial charge on any atom is 0.317 e. The summed E-state index contributed by atoms with van der Waals surface area (Å²) in [6, 6.07) is 9.27. The van der Waals surface area contributed by atoms with Gasteiger partial charge in [0, 0.05) is 18.4 Å². The Morgan fingerprint density at radius 2 is 1.86 bits per heavy atom. The third-order valence-electron chi connectivity index (χ3n) is 3.34. The number of hydrogen-bond acceptors (Lipinski definition) is 4. The van der Waals surface area contributed by atoms with Gasteiger partial charge >= 0.3 is 5.97 Å². The predicted molar refractivity (Wildman–Crippen MR) is 78.9 cm³/mol. The second-order valence-corrected chi connectivity index (χ2v) is 6.27. The molecule has 0 aliphatic heterocycles. The summed E-state index contributed by atoms with van der Waals surface area (Å²) < 4.78 is 5.38. The SMILES string of the molecule is CC(C)(C)OC(=O)C1C(O)=CC(=O)CC1c1ccccc1. The lowest BCUT2D eigenvalue weighted by Crippen LogP contribution is -2.35. The molecule has 0 aromatic heterocycles. The molecule has 0 saturated carbocycles. The van der Waals surface area contributed by atoms with Crippen molar-refractivity contribution in [3.63, 3.8) is 0 Å². The zero-order chi connectivity index (χ0) is 15.6. The molecule has 0 spiro atoms. The third kappa shape index (κ3) is 3.72. The molecular formula is C17H20O4. The van der Waals surface area contributed by atoms with Crippen molar-refractivity contribution in [2.45, 2.75) is 38.7 Å². The number of aliphatic hydroxyl groups is 1. The molecule has 2 atom stereocenters. The van der Waals surface area contributed by atoms with Gasteiger partial charge in [-0.2, -0.15) is 0 Å². The molecule has 1 aliphatic rings. The fraction of sp³-hybridized carbons (Fsp3) is 0.412. The summed E-state index contributed by atoms with van der Waals surface area (Å²) in [5.41, 5.74) is 0.210. The van der Waals surface area contributed by atoms with E-state index in [1.54, 1.807) is 20.8 Å². The van der Waals surface area contributed by atoms with E-state index in [2.05, 4.69) is 0 Å². The average molecular weight is 288 g/mol. The largest absolute Gasteiger partial charge is 0.511 e. The van der Waals surface area contributed by atoms with Gasteiger partial charge < -0.3 is 9.84 Å². The molecule has 0 heterocycles. The Bertz CT molecular complexity index is 566. The molecule has 0 bridgehead atoms. The molecule has 21 heavy (non-hydrogen) atoms. The Kier molecular flexibility index (Phi) is 4.16. The maximum atomic E-state index is 12.4. The highest BCUT2D eigenvalue weighted by Gasteiger charge is 2.40. The summed E-state index contributed by atoms with van der Waals surface area (Å²) in [6.07, 6.45) is 1.33. The number of rotatable bonds is 2. The molecule has 1 aromatic rings. The summed E-state index contributed by atoms with van der Waals surface area (Å²) in [4.78, 5) is 24.1. The first-order chi connectivity index (χ1) is 9.78. The van der Waals surface area contributed by atoms with Crippen molar-refractivity contribution in [3.8, 4) is 0 Å². The van der Waals surface area contributed by atoms with Gasteiger partial charge in [-0.25, -0.2) is 0 Å². The van der Waals surface area contributed by atoms with Gasteiger partial charge in [0.1, 0.15) is 17.3 Å². The number of esters is 1. The molecule has 0 amide bonds. The van der Waals surface area contributed by atoms with E-state index in [0.717, 1.165) is 11.6 Å². The molecular weight excluding hydrogens is 268 g/mol. The second-order valence-electron chi connectivity index (χ2n) is 6.27. The minimum absolute atomic E-state index is 0.179. The predicted octanol–water partition coefficient (Wildman–Crippen LogP) is 3.14. The van der Waals surface area contributed by atoms with Gasteiger partial charge in [0.2, 0.25) is 0 Å². The molecule has 2 rings (SSSR count). The third-order valence-corrected chi connectivity index (χ3v) is 3.34. The lowest BCUT2D eigenvalue weighted by atomic mass is 9.77. The van der Waals surface area contributed by atoms with E-state index in [0.29, 0.717) is 0 Å². The first kappa shape index (κ1) is 15.3. The van der Waals surface area contributed by atoms with Crippen molar-refractivity contribution >= 4 is 11.8 Å². The Labute approximate surface area is 124 Å². The van der Waals surface area contributed by atoms with E-state index in [1.807, 2.05) is 30.3 Å². The van der Waals surface area contributed by atoms with E-state index in [9.17, 15) is 14.7 Å². The smallest absolute Gasteiger partial charge is 0.317 e. The van der Waals surface area contributed by atoms with Crippen LogP contribution in [0.25, 0.3) is 0 Å². The molecule has 0 radical (unpaired) electrons. The summed E-state index contributed by atoms with van der Waals surface area (Å²) in [5.74, 6) is -2.11. The van der Waals surface area contributed by atoms with Crippen LogP contribution < -0.4 is 0 Å². The van der Waals surface area contributed by atoms with Crippen molar-refractivity contribution < 1.29 is 19.4 Å². The molecule has 1 aliphatic carbocycles. The molecule has 4 heteroatoms. The second kappa shape index (κ2) is 5.72. The molecule has 0 fully saturated rings. The zero-order valence-electron chi connectivity index (χ0n) is 12.5. The van der Waals surface area contributed by atoms with Crippen LogP contribution in [0.4, 0.5) is 0 Å². The molecule has 0 saturated heterocycles. The van der Waals surface area contributed by atoms with Gasteiger partial charge in [-0.3, -0.25) is 9.59 Å². The lowest BCUT2D eigenvalue weighted by molar-refractivity contribution is -0.160. The normalized spacial score (nSPS) is 22.6. The fourth-order valence-corrected chi connectivity index (χ4v) is 2.52. The van der Waals surface area contributed by atoms with Crippen LogP contribution in [-0.2, 0) is 14.3 Å². The van der Waals surface area contributed by atoms with Crippen LogP contribution >= 0.6 is 0 Å². The summed E-state index contributed by atoms with van der Waals surface area (Å²) >= 11 is 0. The summed E-state index contributed by atoms with van der Waals surface area (Å²) in [5, 5.41) is 10.1. The Morgan fingerprint density at radius 1 is 1.24 bits per heavy atom. The van der Waals surface area contributed by atoms with Crippen molar-refractivity contribution in [3.05, 3.63) is 47.7 Å². The van der Waals surface area contributed by atoms with E-state index in [1.165, 1.54) is 0 Å². The Balaban J connectivity index is 2.35. The van der Waals surface area contributed by atoms with Gasteiger partial charge in [0.05, 0.1) is 0 Å². The van der Waals surface area contributed by atoms with Gasteiger partial charge in [0.15, 0.2) is 5.78 Å². The van der Waals surface area contributed by atoms with Crippen molar-refractivity contribution in [2.75, 3.05) is 0 Å². The van der Waals surface area contributed by atoms with E-state index >= 15 is 0 Å². The number of ether oxygens (including phenoxy) is 1. The van der Waals surface area contributed by atoms with E-state index in [4.69, 9.17) is 4.74 Å². The van der Waals surface area contributed by atoms with Crippen LogP contribution in [0.1, 0.15) is 38.7 Å². The minimum atomic E-state index is -0.829. The molecule has 2 unspecified atom stereocenters. The lowest BCUT2D eigenvalue weighted by Gasteiger charge is -2.30. The van der Waals surface area contributed by atoms with Crippen LogP contribution in [0.3, 0.4) is 0 Å². The quantitative estimate of drug-likeness (QED) is 0.849. The first-order valence-corrected chi connectivity index (χ1v) is 6.99. The molecule has 1 N–H and O–H groups in total. The minimum Gasteiger partial charge on any atom is -0.511 e. The van der Waals surface area contributed by atoms with Crippen LogP contribution in [0.2, 0.25) is 0 Å². The molecule has 1 aromatic carbocycles. The van der Waals surface area contributed by atoms with Crippen LogP contribution in [0.15, 0.2) is 42.2 Å². The number of benzene rings is 1. The monoisotopic (exact) mass is 288 g/mol. The van der Waals surface area contributed by atoms with Crippen molar-refractivity contribution in [1.29, 1.82) is 0 Å². The highest BCUT2D eigenvalue weighted by Crippen LogP contribution is 2.37. The number of hydrogen-bond donors (Lipinski definition) is 1. The van der Waals surface area contributed by atoms with Crippen LogP contribution in [-0.4, -0.2) is 22.5 Å². The highest BCUT2D eigenvalue weighted by molar-refractivity contribution is 5.94. The zero-order valence-corrected chi connectivity index (χ0v) is 12.5. The van der Waals surface area contributed by atoms with Gasteiger partial charge in [0.25, 0.3) is 0 Å². The number of carbonyl (C=O) groups is 2. The Morgan fingerprint density at radius 3 is 2.43 bits per heavy atom. The van der Waals surface area contributed by atoms with Crippen molar-refractivity contribution in [1.82, 2.24) is 0 Å². The van der Waals surface area contributed by atoms with Crippen LogP contribution in [0, 0.1) is 5.92 Å². The van der Waals surface area contributed by atoms with Gasteiger partial charge in [-0.1, -0.05) is 30.3 Å². The van der Waals surface area contributed by atoms with Crippen LogP contribution in [0.5, 0.6) is 0 Å². The van der Waals surface area contributed by atoms with E-state index in [-0.39, 0.29) is 18.0 Å². The maximum absolute atomic E-state index is 12.4. The molecule has 112 valence electrons. The van der Waals surface area contributed by atoms with Gasteiger partial charge in [-0.05, 0) is 26.3 Å². The van der Waals surface area contributed by atoms with E-state index < -0.39 is 23.4 Å².